The Kier molecular flexibility index (Phi) is 2.94. The van der Waals surface area contributed by atoms with Crippen molar-refractivity contribution in [1.29, 1.82) is 0 Å². The average molecular weight is 179 g/mol. The molecule has 0 aromatic rings. The van der Waals surface area contributed by atoms with Crippen molar-refractivity contribution in [1.82, 2.24) is 0 Å². The van der Waals surface area contributed by atoms with Gasteiger partial charge in [0.15, 0.2) is 0 Å². The van der Waals surface area contributed by atoms with Crippen LogP contribution in [0.3, 0.4) is 0 Å². The van der Waals surface area contributed by atoms with Crippen LogP contribution < -0.4 is 0 Å². The summed E-state index contributed by atoms with van der Waals surface area (Å²) in [5.41, 5.74) is 0.458. The second kappa shape index (κ2) is 3.65. The SMILES string of the molecule is CC=NC1(CC)C=CC1(CC)CC. The van der Waals surface area contributed by atoms with E-state index in [1.165, 1.54) is 12.8 Å². The molecule has 0 saturated carbocycles. The highest BCUT2D eigenvalue weighted by molar-refractivity contribution is 5.56. The van der Waals surface area contributed by atoms with Gasteiger partial charge in [0.1, 0.15) is 0 Å². The molecule has 0 radical (unpaired) electrons. The van der Waals surface area contributed by atoms with E-state index in [0.717, 1.165) is 6.42 Å². The van der Waals surface area contributed by atoms with E-state index in [2.05, 4.69) is 37.9 Å². The van der Waals surface area contributed by atoms with Crippen molar-refractivity contribution < 1.29 is 0 Å². The normalized spacial score (nSPS) is 30.8. The largest absolute Gasteiger partial charge is 0.286 e. The highest BCUT2D eigenvalue weighted by atomic mass is 14.9. The van der Waals surface area contributed by atoms with Crippen molar-refractivity contribution in [2.24, 2.45) is 10.4 Å². The van der Waals surface area contributed by atoms with Crippen molar-refractivity contribution in [2.45, 2.75) is 52.5 Å². The summed E-state index contributed by atoms with van der Waals surface area (Å²) in [7, 11) is 0. The standard InChI is InChI=1S/C12H21N/c1-5-11(6-2)9-10-12(11,7-3)13-8-4/h8-10H,5-7H2,1-4H3. The van der Waals surface area contributed by atoms with Crippen LogP contribution in [0.1, 0.15) is 47.0 Å². The number of rotatable bonds is 4. The fourth-order valence-corrected chi connectivity index (χ4v) is 2.57. The zero-order chi connectivity index (χ0) is 9.95. The first-order valence-electron chi connectivity index (χ1n) is 5.40. The third kappa shape index (κ3) is 1.25. The van der Waals surface area contributed by atoms with Gasteiger partial charge in [0.2, 0.25) is 0 Å². The molecule has 0 bridgehead atoms. The molecule has 0 aliphatic heterocycles. The van der Waals surface area contributed by atoms with Gasteiger partial charge < -0.3 is 0 Å². The Morgan fingerprint density at radius 2 is 1.69 bits per heavy atom. The van der Waals surface area contributed by atoms with Crippen molar-refractivity contribution >= 4 is 6.21 Å². The Labute approximate surface area is 82.0 Å². The van der Waals surface area contributed by atoms with Crippen LogP contribution >= 0.6 is 0 Å². The lowest BCUT2D eigenvalue weighted by Gasteiger charge is -2.51. The summed E-state index contributed by atoms with van der Waals surface area (Å²) in [5, 5.41) is 0. The summed E-state index contributed by atoms with van der Waals surface area (Å²) in [6.07, 6.45) is 10.1. The van der Waals surface area contributed by atoms with Crippen LogP contribution in [0.15, 0.2) is 17.1 Å². The molecule has 0 fully saturated rings. The Balaban J connectivity index is 2.97. The molecule has 13 heavy (non-hydrogen) atoms. The van der Waals surface area contributed by atoms with Gasteiger partial charge in [0.25, 0.3) is 0 Å². The molecular formula is C12H21N. The van der Waals surface area contributed by atoms with E-state index < -0.39 is 0 Å². The van der Waals surface area contributed by atoms with Crippen molar-refractivity contribution in [3.8, 4) is 0 Å². The van der Waals surface area contributed by atoms with Gasteiger partial charge in [-0.25, -0.2) is 0 Å². The van der Waals surface area contributed by atoms with E-state index in [1.54, 1.807) is 0 Å². The molecule has 0 saturated heterocycles. The lowest BCUT2D eigenvalue weighted by molar-refractivity contribution is 0.170. The number of aliphatic imine (C=N–C) groups is 1. The molecule has 1 nitrogen and oxygen atoms in total. The molecule has 0 aromatic heterocycles. The Bertz CT molecular complexity index is 223. The second-order valence-corrected chi connectivity index (χ2v) is 3.86. The van der Waals surface area contributed by atoms with Gasteiger partial charge in [-0.3, -0.25) is 4.99 Å². The fourth-order valence-electron chi connectivity index (χ4n) is 2.57. The van der Waals surface area contributed by atoms with Crippen LogP contribution in [0.2, 0.25) is 0 Å². The molecule has 1 rings (SSSR count). The topological polar surface area (TPSA) is 12.4 Å². The number of nitrogens with zero attached hydrogens (tertiary/aromatic N) is 1. The fraction of sp³-hybridized carbons (Fsp3) is 0.750. The molecular weight excluding hydrogens is 158 g/mol. The van der Waals surface area contributed by atoms with E-state index in [0.29, 0.717) is 5.41 Å². The molecule has 1 aliphatic rings. The predicted molar refractivity (Wildman–Crippen MR) is 59.3 cm³/mol. The minimum absolute atomic E-state index is 0.116. The van der Waals surface area contributed by atoms with Crippen LogP contribution in [-0.2, 0) is 0 Å². The zero-order valence-corrected chi connectivity index (χ0v) is 9.30. The molecule has 0 spiro atoms. The maximum atomic E-state index is 4.66. The lowest BCUT2D eigenvalue weighted by Crippen LogP contribution is -2.49. The second-order valence-electron chi connectivity index (χ2n) is 3.86. The van der Waals surface area contributed by atoms with E-state index in [1.807, 2.05) is 13.1 Å². The molecule has 1 atom stereocenters. The summed E-state index contributed by atoms with van der Waals surface area (Å²) in [4.78, 5) is 4.66. The minimum Gasteiger partial charge on any atom is -0.286 e. The van der Waals surface area contributed by atoms with E-state index in [-0.39, 0.29) is 5.54 Å². The number of hydrogen-bond acceptors (Lipinski definition) is 1. The van der Waals surface area contributed by atoms with Gasteiger partial charge in [0, 0.05) is 5.41 Å². The molecule has 74 valence electrons. The molecule has 0 aromatic carbocycles. The van der Waals surface area contributed by atoms with Crippen molar-refractivity contribution in [3.05, 3.63) is 12.2 Å². The van der Waals surface area contributed by atoms with Crippen LogP contribution in [-0.4, -0.2) is 11.8 Å². The molecule has 0 heterocycles. The highest BCUT2D eigenvalue weighted by Crippen LogP contribution is 2.52. The van der Waals surface area contributed by atoms with Crippen molar-refractivity contribution in [3.63, 3.8) is 0 Å². The van der Waals surface area contributed by atoms with Gasteiger partial charge in [-0.1, -0.05) is 32.9 Å². The maximum Gasteiger partial charge on any atom is 0.0871 e. The molecule has 1 aliphatic carbocycles. The highest BCUT2D eigenvalue weighted by Gasteiger charge is 2.50. The summed E-state index contributed by atoms with van der Waals surface area (Å²) in [6, 6.07) is 0. The van der Waals surface area contributed by atoms with Crippen LogP contribution in [0.25, 0.3) is 0 Å². The summed E-state index contributed by atoms with van der Waals surface area (Å²) in [5.74, 6) is 0. The van der Waals surface area contributed by atoms with Crippen LogP contribution in [0.5, 0.6) is 0 Å². The smallest absolute Gasteiger partial charge is 0.0871 e. The Hall–Kier alpha value is -0.590. The van der Waals surface area contributed by atoms with Gasteiger partial charge >= 0.3 is 0 Å². The predicted octanol–water partition coefficient (Wildman–Crippen LogP) is 3.60. The first kappa shape index (κ1) is 10.5. The van der Waals surface area contributed by atoms with Gasteiger partial charge in [-0.15, -0.1) is 0 Å². The van der Waals surface area contributed by atoms with Crippen LogP contribution in [0.4, 0.5) is 0 Å². The monoisotopic (exact) mass is 179 g/mol. The zero-order valence-electron chi connectivity index (χ0n) is 9.30. The van der Waals surface area contributed by atoms with Crippen molar-refractivity contribution in [2.75, 3.05) is 0 Å². The average Bonchev–Trinajstić information content (AvgIpc) is 2.15. The summed E-state index contributed by atoms with van der Waals surface area (Å²) >= 11 is 0. The van der Waals surface area contributed by atoms with E-state index >= 15 is 0 Å². The quantitative estimate of drug-likeness (QED) is 0.462. The molecule has 0 N–H and O–H groups in total. The first-order valence-corrected chi connectivity index (χ1v) is 5.40. The Morgan fingerprint density at radius 1 is 1.08 bits per heavy atom. The van der Waals surface area contributed by atoms with E-state index in [4.69, 9.17) is 0 Å². The van der Waals surface area contributed by atoms with Gasteiger partial charge in [-0.2, -0.15) is 0 Å². The van der Waals surface area contributed by atoms with Gasteiger partial charge in [0.05, 0.1) is 5.54 Å². The number of hydrogen-bond donors (Lipinski definition) is 0. The van der Waals surface area contributed by atoms with Crippen LogP contribution in [0, 0.1) is 5.41 Å². The first-order chi connectivity index (χ1) is 6.20. The van der Waals surface area contributed by atoms with E-state index in [9.17, 15) is 0 Å². The molecule has 1 heteroatoms. The lowest BCUT2D eigenvalue weighted by atomic mass is 9.57. The summed E-state index contributed by atoms with van der Waals surface area (Å²) in [6.45, 7) is 8.78. The maximum absolute atomic E-state index is 4.66. The summed E-state index contributed by atoms with van der Waals surface area (Å²) < 4.78 is 0. The van der Waals surface area contributed by atoms with Gasteiger partial charge in [-0.05, 0) is 32.4 Å². The third-order valence-corrected chi connectivity index (χ3v) is 3.70. The third-order valence-electron chi connectivity index (χ3n) is 3.70. The molecule has 0 amide bonds. The molecule has 1 unspecified atom stereocenters. The minimum atomic E-state index is 0.116. The Morgan fingerprint density at radius 3 is 1.92 bits per heavy atom.